The maximum absolute atomic E-state index is 9.70. The Labute approximate surface area is 49.5 Å². The first-order valence-corrected chi connectivity index (χ1v) is 2.89. The molecular formula is C6H12O2. The molecule has 2 nitrogen and oxygen atoms in total. The Morgan fingerprint density at radius 1 is 1.75 bits per heavy atom. The van der Waals surface area contributed by atoms with E-state index in [0.717, 1.165) is 19.1 Å². The van der Waals surface area contributed by atoms with Crippen LogP contribution in [0, 0.1) is 0 Å². The van der Waals surface area contributed by atoms with Gasteiger partial charge in [0.05, 0.1) is 6.10 Å². The van der Waals surface area contributed by atoms with Crippen molar-refractivity contribution in [3.63, 3.8) is 0 Å². The highest BCUT2D eigenvalue weighted by Gasteiger charge is 1.92. The Hall–Kier alpha value is -0.370. The topological polar surface area (TPSA) is 37.3 Å². The van der Waals surface area contributed by atoms with Crippen LogP contribution in [0.5, 0.6) is 0 Å². The van der Waals surface area contributed by atoms with E-state index in [-0.39, 0.29) is 6.10 Å². The third kappa shape index (κ3) is 5.63. The van der Waals surface area contributed by atoms with Crippen LogP contribution >= 0.6 is 0 Å². The predicted molar refractivity (Wildman–Crippen MR) is 31.6 cm³/mol. The van der Waals surface area contributed by atoms with Crippen LogP contribution in [0.2, 0.25) is 0 Å². The summed E-state index contributed by atoms with van der Waals surface area (Å²) in [6, 6.07) is 0. The molecule has 2 heteroatoms. The summed E-state index contributed by atoms with van der Waals surface area (Å²) < 4.78 is 0. The zero-order valence-corrected chi connectivity index (χ0v) is 5.13. The number of rotatable bonds is 4. The third-order valence-electron chi connectivity index (χ3n) is 0.944. The lowest BCUT2D eigenvalue weighted by Crippen LogP contribution is -1.98. The molecule has 0 saturated heterocycles. The van der Waals surface area contributed by atoms with Gasteiger partial charge in [-0.05, 0) is 19.8 Å². The number of aliphatic hydroxyl groups is 1. The second kappa shape index (κ2) is 4.78. The van der Waals surface area contributed by atoms with E-state index in [2.05, 4.69) is 0 Å². The van der Waals surface area contributed by atoms with Crippen LogP contribution in [0.4, 0.5) is 0 Å². The number of hydrogen-bond acceptors (Lipinski definition) is 2. The molecule has 0 aliphatic carbocycles. The molecular weight excluding hydrogens is 104 g/mol. The Bertz CT molecular complexity index is 59.5. The minimum atomic E-state index is -0.255. The van der Waals surface area contributed by atoms with E-state index >= 15 is 0 Å². The Morgan fingerprint density at radius 2 is 2.38 bits per heavy atom. The van der Waals surface area contributed by atoms with Gasteiger partial charge in [-0.3, -0.25) is 0 Å². The maximum Gasteiger partial charge on any atom is 0.119 e. The molecule has 0 aliphatic heterocycles. The van der Waals surface area contributed by atoms with E-state index in [0.29, 0.717) is 6.42 Å². The first kappa shape index (κ1) is 7.63. The van der Waals surface area contributed by atoms with E-state index in [4.69, 9.17) is 5.11 Å². The first-order chi connectivity index (χ1) is 3.77. The van der Waals surface area contributed by atoms with Gasteiger partial charge in [0, 0.05) is 6.42 Å². The van der Waals surface area contributed by atoms with Gasteiger partial charge in [-0.15, -0.1) is 0 Å². The van der Waals surface area contributed by atoms with Gasteiger partial charge in [-0.1, -0.05) is 0 Å². The second-order valence-corrected chi connectivity index (χ2v) is 1.95. The Kier molecular flexibility index (Phi) is 4.56. The van der Waals surface area contributed by atoms with Crippen molar-refractivity contribution in [1.82, 2.24) is 0 Å². The lowest BCUT2D eigenvalue weighted by molar-refractivity contribution is -0.108. The molecule has 0 aromatic heterocycles. The molecule has 0 bridgehead atoms. The molecule has 0 unspecified atom stereocenters. The second-order valence-electron chi connectivity index (χ2n) is 1.95. The fourth-order valence-electron chi connectivity index (χ4n) is 0.497. The number of carbonyl (C=O) groups is 1. The highest BCUT2D eigenvalue weighted by atomic mass is 16.3. The van der Waals surface area contributed by atoms with Crippen molar-refractivity contribution in [2.24, 2.45) is 0 Å². The van der Waals surface area contributed by atoms with Crippen LogP contribution in [-0.2, 0) is 4.79 Å². The Morgan fingerprint density at radius 3 is 2.75 bits per heavy atom. The van der Waals surface area contributed by atoms with Crippen molar-refractivity contribution in [3.05, 3.63) is 0 Å². The molecule has 0 fully saturated rings. The SMILES string of the molecule is C[C@H](O)CCCC=O. The minimum Gasteiger partial charge on any atom is -0.393 e. The van der Waals surface area contributed by atoms with E-state index < -0.39 is 0 Å². The molecule has 1 atom stereocenters. The highest BCUT2D eigenvalue weighted by molar-refractivity contribution is 5.48. The summed E-state index contributed by atoms with van der Waals surface area (Å²) in [7, 11) is 0. The molecule has 0 rings (SSSR count). The summed E-state index contributed by atoms with van der Waals surface area (Å²) in [5.41, 5.74) is 0. The average Bonchev–Trinajstić information content (AvgIpc) is 1.66. The van der Waals surface area contributed by atoms with Gasteiger partial charge in [0.2, 0.25) is 0 Å². The third-order valence-corrected chi connectivity index (χ3v) is 0.944. The summed E-state index contributed by atoms with van der Waals surface area (Å²) in [6.45, 7) is 1.73. The van der Waals surface area contributed by atoms with Gasteiger partial charge in [0.15, 0.2) is 0 Å². The number of carbonyl (C=O) groups excluding carboxylic acids is 1. The van der Waals surface area contributed by atoms with Gasteiger partial charge >= 0.3 is 0 Å². The van der Waals surface area contributed by atoms with Crippen LogP contribution in [0.3, 0.4) is 0 Å². The van der Waals surface area contributed by atoms with Crippen molar-refractivity contribution in [3.8, 4) is 0 Å². The minimum absolute atomic E-state index is 0.255. The lowest BCUT2D eigenvalue weighted by atomic mass is 10.2. The molecule has 1 N–H and O–H groups in total. The summed E-state index contributed by atoms with van der Waals surface area (Å²) in [5, 5.41) is 8.66. The standard InChI is InChI=1S/C6H12O2/c1-6(8)4-2-3-5-7/h5-6,8H,2-4H2,1H3/t6-/m0/s1. The van der Waals surface area contributed by atoms with E-state index in [1.54, 1.807) is 6.92 Å². The molecule has 0 aliphatic rings. The largest absolute Gasteiger partial charge is 0.393 e. The van der Waals surface area contributed by atoms with Crippen LogP contribution in [-0.4, -0.2) is 17.5 Å². The van der Waals surface area contributed by atoms with Crippen molar-refractivity contribution in [2.75, 3.05) is 0 Å². The molecule has 8 heavy (non-hydrogen) atoms. The summed E-state index contributed by atoms with van der Waals surface area (Å²) >= 11 is 0. The van der Waals surface area contributed by atoms with E-state index in [1.165, 1.54) is 0 Å². The molecule has 0 radical (unpaired) electrons. The summed E-state index contributed by atoms with van der Waals surface area (Å²) in [6.07, 6.45) is 2.74. The van der Waals surface area contributed by atoms with Gasteiger partial charge in [-0.25, -0.2) is 0 Å². The number of aliphatic hydroxyl groups excluding tert-OH is 1. The quantitative estimate of drug-likeness (QED) is 0.434. The van der Waals surface area contributed by atoms with Gasteiger partial charge in [-0.2, -0.15) is 0 Å². The monoisotopic (exact) mass is 116 g/mol. The van der Waals surface area contributed by atoms with Crippen molar-refractivity contribution >= 4 is 6.29 Å². The number of unbranched alkanes of at least 4 members (excludes halogenated alkanes) is 1. The Balaban J connectivity index is 2.81. The number of hydrogen-bond donors (Lipinski definition) is 1. The smallest absolute Gasteiger partial charge is 0.119 e. The number of aldehydes is 1. The molecule has 0 spiro atoms. The molecule has 0 saturated carbocycles. The van der Waals surface area contributed by atoms with Crippen LogP contribution in [0.1, 0.15) is 26.2 Å². The van der Waals surface area contributed by atoms with Crippen molar-refractivity contribution < 1.29 is 9.90 Å². The zero-order valence-electron chi connectivity index (χ0n) is 5.13. The van der Waals surface area contributed by atoms with Crippen molar-refractivity contribution in [2.45, 2.75) is 32.3 Å². The van der Waals surface area contributed by atoms with Crippen LogP contribution < -0.4 is 0 Å². The van der Waals surface area contributed by atoms with Crippen LogP contribution in [0.25, 0.3) is 0 Å². The van der Waals surface area contributed by atoms with Gasteiger partial charge in [0.1, 0.15) is 6.29 Å². The molecule has 0 aromatic rings. The first-order valence-electron chi connectivity index (χ1n) is 2.89. The average molecular weight is 116 g/mol. The predicted octanol–water partition coefficient (Wildman–Crippen LogP) is 0.736. The highest BCUT2D eigenvalue weighted by Crippen LogP contribution is 1.96. The maximum atomic E-state index is 9.70. The molecule has 0 heterocycles. The molecule has 48 valence electrons. The van der Waals surface area contributed by atoms with E-state index in [9.17, 15) is 4.79 Å². The normalized spacial score (nSPS) is 13.2. The summed E-state index contributed by atoms with van der Waals surface area (Å²) in [5.74, 6) is 0. The molecule has 0 amide bonds. The zero-order chi connectivity index (χ0) is 6.41. The van der Waals surface area contributed by atoms with Crippen molar-refractivity contribution in [1.29, 1.82) is 0 Å². The lowest BCUT2D eigenvalue weighted by Gasteiger charge is -1.98. The fraction of sp³-hybridized carbons (Fsp3) is 0.833. The molecule has 0 aromatic carbocycles. The van der Waals surface area contributed by atoms with Crippen LogP contribution in [0.15, 0.2) is 0 Å². The van der Waals surface area contributed by atoms with Gasteiger partial charge < -0.3 is 9.90 Å². The summed E-state index contributed by atoms with van der Waals surface area (Å²) in [4.78, 5) is 9.70. The van der Waals surface area contributed by atoms with Gasteiger partial charge in [0.25, 0.3) is 0 Å². The van der Waals surface area contributed by atoms with E-state index in [1.807, 2.05) is 0 Å². The fourth-order valence-corrected chi connectivity index (χ4v) is 0.497.